The number of benzene rings is 14. The van der Waals surface area contributed by atoms with Crippen LogP contribution in [0.2, 0.25) is 0 Å². The molecule has 0 fully saturated rings. The van der Waals surface area contributed by atoms with Gasteiger partial charge in [0, 0.05) is 33.5 Å². The van der Waals surface area contributed by atoms with E-state index in [2.05, 4.69) is 349 Å². The zero-order chi connectivity index (χ0) is 56.3. The molecule has 0 N–H and O–H groups in total. The summed E-state index contributed by atoms with van der Waals surface area (Å²) in [6.45, 7) is 0. The third-order valence-electron chi connectivity index (χ3n) is 17.6. The van der Waals surface area contributed by atoms with Crippen molar-refractivity contribution in [2.24, 2.45) is 0 Å². The predicted molar refractivity (Wildman–Crippen MR) is 357 cm³/mol. The molecule has 1 aliphatic carbocycles. The van der Waals surface area contributed by atoms with Crippen LogP contribution in [0, 0.1) is 0 Å². The van der Waals surface area contributed by atoms with Crippen molar-refractivity contribution in [1.82, 2.24) is 4.57 Å². The van der Waals surface area contributed by atoms with Crippen molar-refractivity contribution in [3.63, 3.8) is 0 Å². The van der Waals surface area contributed by atoms with Gasteiger partial charge in [-0.2, -0.15) is 0 Å². The molecule has 398 valence electrons. The molecule has 0 unspecified atom stereocenters. The van der Waals surface area contributed by atoms with Crippen molar-refractivity contribution in [2.45, 2.75) is 5.41 Å². The predicted octanol–water partition coefficient (Wildman–Crippen LogP) is 22.1. The summed E-state index contributed by atoms with van der Waals surface area (Å²) in [5.74, 6) is 0. The Hall–Kier alpha value is -11.1. The van der Waals surface area contributed by atoms with E-state index in [4.69, 9.17) is 0 Å². The molecule has 15 aromatic rings. The van der Waals surface area contributed by atoms with Crippen LogP contribution in [0.4, 0.5) is 17.1 Å². The van der Waals surface area contributed by atoms with Crippen LogP contribution in [0.15, 0.2) is 340 Å². The van der Waals surface area contributed by atoms with Crippen LogP contribution in [-0.2, 0) is 5.41 Å². The Morgan fingerprint density at radius 1 is 0.235 bits per heavy atom. The summed E-state index contributed by atoms with van der Waals surface area (Å²) >= 11 is 0. The fourth-order valence-corrected chi connectivity index (χ4v) is 13.7. The number of anilines is 3. The summed E-state index contributed by atoms with van der Waals surface area (Å²) in [4.78, 5) is 2.49. The number of nitrogens with zero attached hydrogens (tertiary/aromatic N) is 2. The highest BCUT2D eigenvalue weighted by Crippen LogP contribution is 2.57. The molecule has 0 atom stereocenters. The molecule has 85 heavy (non-hydrogen) atoms. The van der Waals surface area contributed by atoms with Gasteiger partial charge in [0.25, 0.3) is 0 Å². The maximum atomic E-state index is 2.49. The van der Waals surface area contributed by atoms with E-state index in [9.17, 15) is 0 Å². The second kappa shape index (κ2) is 20.7. The third-order valence-corrected chi connectivity index (χ3v) is 17.6. The summed E-state index contributed by atoms with van der Waals surface area (Å²) in [5, 5.41) is 4.86. The number of para-hydroxylation sites is 2. The van der Waals surface area contributed by atoms with Gasteiger partial charge in [0.05, 0.1) is 16.4 Å². The van der Waals surface area contributed by atoms with Crippen molar-refractivity contribution < 1.29 is 0 Å². The fourth-order valence-electron chi connectivity index (χ4n) is 13.7. The Bertz CT molecular complexity index is 4930. The molecule has 0 radical (unpaired) electrons. The molecule has 0 spiro atoms. The van der Waals surface area contributed by atoms with Crippen molar-refractivity contribution in [3.8, 4) is 72.4 Å². The first-order chi connectivity index (χ1) is 42.1. The Labute approximate surface area is 496 Å². The van der Waals surface area contributed by atoms with E-state index in [0.717, 1.165) is 56.1 Å². The minimum absolute atomic E-state index is 0.585. The molecule has 0 saturated carbocycles. The molecule has 16 rings (SSSR count). The molecular formula is C83H56N2. The van der Waals surface area contributed by atoms with Crippen LogP contribution in [0.25, 0.3) is 105 Å². The molecule has 0 bridgehead atoms. The minimum atomic E-state index is -0.585. The first kappa shape index (κ1) is 49.7. The summed E-state index contributed by atoms with van der Waals surface area (Å²) < 4.78 is 2.42. The van der Waals surface area contributed by atoms with Crippen LogP contribution >= 0.6 is 0 Å². The van der Waals surface area contributed by atoms with Crippen molar-refractivity contribution >= 4 is 49.6 Å². The normalized spacial score (nSPS) is 12.3. The SMILES string of the molecule is c1ccc(-c2ccc(N(c3cc(-c4ccc5cc(-c6ccccc6)ccc5c4)cc(-c4ccccc4-c4ccc5c6ccccc6n(-c6ccccc6)c5c4)c3)c3ccc4c(c3)C(c3ccccc3)(c3ccccc3)c3ccccc3-4)cc2)cc1. The zero-order valence-corrected chi connectivity index (χ0v) is 46.7. The van der Waals surface area contributed by atoms with Gasteiger partial charge in [-0.15, -0.1) is 0 Å². The van der Waals surface area contributed by atoms with Gasteiger partial charge in [-0.1, -0.05) is 261 Å². The average Bonchev–Trinajstić information content (AvgIpc) is 1.85. The van der Waals surface area contributed by atoms with E-state index in [-0.39, 0.29) is 0 Å². The summed E-state index contributed by atoms with van der Waals surface area (Å²) in [6.07, 6.45) is 0. The molecule has 0 saturated heterocycles. The lowest BCUT2D eigenvalue weighted by molar-refractivity contribution is 0.768. The Kier molecular flexibility index (Phi) is 12.1. The van der Waals surface area contributed by atoms with Gasteiger partial charge < -0.3 is 9.47 Å². The molecule has 1 heterocycles. The van der Waals surface area contributed by atoms with Crippen LogP contribution in [0.3, 0.4) is 0 Å². The summed E-state index contributed by atoms with van der Waals surface area (Å²) in [7, 11) is 0. The maximum absolute atomic E-state index is 2.49. The van der Waals surface area contributed by atoms with Crippen LogP contribution < -0.4 is 4.90 Å². The first-order valence-corrected chi connectivity index (χ1v) is 29.4. The zero-order valence-electron chi connectivity index (χ0n) is 46.7. The number of aromatic nitrogens is 1. The standard InChI is InChI=1S/C83H56N2/c1-6-22-57(23-7-1)59-42-45-70(46-43-59)84(71-47-49-76-75-34-18-20-36-79(75)83(80(76)56-71,67-26-10-3-11-27-67)68-28-12-4-13-29-68)72-53-65(63-41-40-61-50-60(38-39-62(61)51-63)58-24-8-2-9-25-58)52-66(54-72)74-33-17-16-32-73(74)64-44-48-78-77-35-19-21-37-81(77)85(82(78)55-64)69-30-14-5-15-31-69/h1-56H. The summed E-state index contributed by atoms with van der Waals surface area (Å²) in [6, 6.07) is 126. The summed E-state index contributed by atoms with van der Waals surface area (Å²) in [5.41, 5.74) is 25.2. The molecule has 2 heteroatoms. The van der Waals surface area contributed by atoms with Gasteiger partial charge in [-0.3, -0.25) is 0 Å². The molecule has 0 amide bonds. The van der Waals surface area contributed by atoms with E-state index >= 15 is 0 Å². The third kappa shape index (κ3) is 8.49. The van der Waals surface area contributed by atoms with E-state index in [1.54, 1.807) is 0 Å². The average molecular weight is 1080 g/mol. The van der Waals surface area contributed by atoms with Crippen LogP contribution in [-0.4, -0.2) is 4.57 Å². The fraction of sp³-hybridized carbons (Fsp3) is 0.0120. The van der Waals surface area contributed by atoms with E-state index < -0.39 is 5.41 Å². The van der Waals surface area contributed by atoms with Gasteiger partial charge in [0.1, 0.15) is 0 Å². The Morgan fingerprint density at radius 3 is 1.38 bits per heavy atom. The lowest BCUT2D eigenvalue weighted by Crippen LogP contribution is -2.28. The van der Waals surface area contributed by atoms with E-state index in [1.165, 1.54) is 88.2 Å². The number of hydrogen-bond donors (Lipinski definition) is 0. The number of hydrogen-bond acceptors (Lipinski definition) is 1. The van der Waals surface area contributed by atoms with Crippen molar-refractivity contribution in [1.29, 1.82) is 0 Å². The monoisotopic (exact) mass is 1080 g/mol. The highest BCUT2D eigenvalue weighted by atomic mass is 15.1. The smallest absolute Gasteiger partial charge is 0.0714 e. The quantitative estimate of drug-likeness (QED) is 0.125. The molecule has 2 nitrogen and oxygen atoms in total. The van der Waals surface area contributed by atoms with Crippen molar-refractivity contribution in [2.75, 3.05) is 4.90 Å². The largest absolute Gasteiger partial charge is 0.310 e. The number of rotatable bonds is 11. The van der Waals surface area contributed by atoms with Gasteiger partial charge in [-0.25, -0.2) is 0 Å². The minimum Gasteiger partial charge on any atom is -0.310 e. The molecule has 0 aliphatic heterocycles. The van der Waals surface area contributed by atoms with Gasteiger partial charge in [0.2, 0.25) is 0 Å². The van der Waals surface area contributed by atoms with E-state index in [1.807, 2.05) is 0 Å². The van der Waals surface area contributed by atoms with Crippen LogP contribution in [0.1, 0.15) is 22.3 Å². The van der Waals surface area contributed by atoms with Gasteiger partial charge in [0.15, 0.2) is 0 Å². The molecule has 14 aromatic carbocycles. The second-order valence-corrected chi connectivity index (χ2v) is 22.4. The lowest BCUT2D eigenvalue weighted by atomic mass is 9.67. The highest BCUT2D eigenvalue weighted by molar-refractivity contribution is 6.10. The second-order valence-electron chi connectivity index (χ2n) is 22.4. The highest BCUT2D eigenvalue weighted by Gasteiger charge is 2.46. The molecule has 1 aliphatic rings. The molecular weight excluding hydrogens is 1020 g/mol. The van der Waals surface area contributed by atoms with Crippen molar-refractivity contribution in [3.05, 3.63) is 362 Å². The lowest BCUT2D eigenvalue weighted by Gasteiger charge is -2.35. The molecule has 1 aromatic heterocycles. The first-order valence-electron chi connectivity index (χ1n) is 29.4. The Morgan fingerprint density at radius 2 is 0.706 bits per heavy atom. The van der Waals surface area contributed by atoms with Gasteiger partial charge in [-0.05, 0) is 179 Å². The van der Waals surface area contributed by atoms with Crippen LogP contribution in [0.5, 0.6) is 0 Å². The Balaban J connectivity index is 0.937. The number of fused-ring (bicyclic) bond motifs is 7. The van der Waals surface area contributed by atoms with E-state index in [0.29, 0.717) is 0 Å². The maximum Gasteiger partial charge on any atom is 0.0714 e. The topological polar surface area (TPSA) is 8.17 Å². The van der Waals surface area contributed by atoms with Gasteiger partial charge >= 0.3 is 0 Å².